The Morgan fingerprint density at radius 2 is 2.04 bits per heavy atom. The SMILES string of the molecule is CCC(Br)c1nc2sc(Cl)c(Br)c2c(=O)n1Cc1ccccc1. The molecule has 2 aromatic heterocycles. The average Bonchev–Trinajstić information content (AvgIpc) is 2.85. The Hall–Kier alpha value is -0.690. The lowest BCUT2D eigenvalue weighted by Gasteiger charge is -2.15. The van der Waals surface area contributed by atoms with Crippen molar-refractivity contribution >= 4 is 65.0 Å². The topological polar surface area (TPSA) is 34.9 Å². The summed E-state index contributed by atoms with van der Waals surface area (Å²) in [6.07, 6.45) is 0.840. The monoisotopic (exact) mass is 474 g/mol. The van der Waals surface area contributed by atoms with Gasteiger partial charge in [0.05, 0.1) is 21.2 Å². The van der Waals surface area contributed by atoms with Crippen LogP contribution in [0.15, 0.2) is 39.6 Å². The molecule has 0 aliphatic heterocycles. The van der Waals surface area contributed by atoms with Gasteiger partial charge in [-0.25, -0.2) is 4.98 Å². The Bertz CT molecular complexity index is 908. The number of aromatic nitrogens is 2. The molecule has 120 valence electrons. The van der Waals surface area contributed by atoms with E-state index in [1.165, 1.54) is 11.3 Å². The van der Waals surface area contributed by atoms with E-state index in [0.29, 0.717) is 25.6 Å². The van der Waals surface area contributed by atoms with Crippen LogP contribution in [0.2, 0.25) is 4.34 Å². The van der Waals surface area contributed by atoms with Crippen LogP contribution in [0.3, 0.4) is 0 Å². The Morgan fingerprint density at radius 1 is 1.35 bits per heavy atom. The molecule has 1 atom stereocenters. The number of thiophene rings is 1. The summed E-state index contributed by atoms with van der Waals surface area (Å²) in [6, 6.07) is 9.91. The first-order valence-electron chi connectivity index (χ1n) is 7.09. The average molecular weight is 477 g/mol. The predicted molar refractivity (Wildman–Crippen MR) is 104 cm³/mol. The Morgan fingerprint density at radius 3 is 2.70 bits per heavy atom. The third-order valence-electron chi connectivity index (χ3n) is 3.57. The van der Waals surface area contributed by atoms with Crippen molar-refractivity contribution < 1.29 is 0 Å². The first-order valence-corrected chi connectivity index (χ1v) is 9.99. The summed E-state index contributed by atoms with van der Waals surface area (Å²) in [5.74, 6) is 0.735. The van der Waals surface area contributed by atoms with Crippen molar-refractivity contribution in [1.29, 1.82) is 0 Å². The van der Waals surface area contributed by atoms with E-state index in [4.69, 9.17) is 16.6 Å². The number of halogens is 3. The second-order valence-electron chi connectivity index (χ2n) is 5.09. The zero-order valence-electron chi connectivity index (χ0n) is 12.2. The van der Waals surface area contributed by atoms with E-state index in [2.05, 4.69) is 38.8 Å². The summed E-state index contributed by atoms with van der Waals surface area (Å²) >= 11 is 14.5. The van der Waals surface area contributed by atoms with E-state index in [9.17, 15) is 4.79 Å². The maximum atomic E-state index is 13.0. The van der Waals surface area contributed by atoms with E-state index >= 15 is 0 Å². The zero-order chi connectivity index (χ0) is 16.6. The van der Waals surface area contributed by atoms with Gasteiger partial charge < -0.3 is 0 Å². The standard InChI is InChI=1S/C16H13Br2ClN2OS/c1-2-10(17)14-20-15-11(12(18)13(19)23-15)16(22)21(14)8-9-6-4-3-5-7-9/h3-7,10H,2,8H2,1H3. The molecular weight excluding hydrogens is 464 g/mol. The van der Waals surface area contributed by atoms with Gasteiger partial charge in [-0.2, -0.15) is 0 Å². The van der Waals surface area contributed by atoms with E-state index in [0.717, 1.165) is 17.8 Å². The van der Waals surface area contributed by atoms with Crippen LogP contribution in [0, 0.1) is 0 Å². The lowest BCUT2D eigenvalue weighted by atomic mass is 10.2. The quantitative estimate of drug-likeness (QED) is 0.448. The number of benzene rings is 1. The summed E-state index contributed by atoms with van der Waals surface area (Å²) in [4.78, 5) is 18.4. The highest BCUT2D eigenvalue weighted by Crippen LogP contribution is 2.37. The largest absolute Gasteiger partial charge is 0.291 e. The van der Waals surface area contributed by atoms with Gasteiger partial charge in [-0.1, -0.05) is 64.8 Å². The molecule has 0 aliphatic rings. The molecule has 3 nitrogen and oxygen atoms in total. The van der Waals surface area contributed by atoms with Crippen LogP contribution in [0.25, 0.3) is 10.2 Å². The molecule has 0 amide bonds. The number of fused-ring (bicyclic) bond motifs is 1. The Balaban J connectivity index is 2.26. The van der Waals surface area contributed by atoms with Gasteiger partial charge in [0, 0.05) is 0 Å². The van der Waals surface area contributed by atoms with Crippen molar-refractivity contribution in [3.8, 4) is 0 Å². The molecule has 0 aliphatic carbocycles. The Kier molecular flexibility index (Phi) is 5.26. The first kappa shape index (κ1) is 17.1. The minimum atomic E-state index is -0.0678. The fraction of sp³-hybridized carbons (Fsp3) is 0.250. The number of nitrogens with zero attached hydrogens (tertiary/aromatic N) is 2. The molecule has 7 heteroatoms. The first-order chi connectivity index (χ1) is 11.0. The highest BCUT2D eigenvalue weighted by Gasteiger charge is 2.21. The van der Waals surface area contributed by atoms with Gasteiger partial charge in [0.2, 0.25) is 0 Å². The molecule has 1 aromatic carbocycles. The van der Waals surface area contributed by atoms with Gasteiger partial charge >= 0.3 is 0 Å². The maximum absolute atomic E-state index is 13.0. The molecule has 3 rings (SSSR count). The molecule has 2 heterocycles. The fourth-order valence-corrected chi connectivity index (χ4v) is 4.57. The van der Waals surface area contributed by atoms with E-state index in [-0.39, 0.29) is 10.4 Å². The van der Waals surface area contributed by atoms with Crippen molar-refractivity contribution in [1.82, 2.24) is 9.55 Å². The van der Waals surface area contributed by atoms with Crippen molar-refractivity contribution in [2.75, 3.05) is 0 Å². The normalized spacial score (nSPS) is 12.7. The van der Waals surface area contributed by atoms with Gasteiger partial charge in [0.15, 0.2) is 0 Å². The molecule has 0 radical (unpaired) electrons. The summed E-state index contributed by atoms with van der Waals surface area (Å²) < 4.78 is 2.91. The molecule has 0 saturated heterocycles. The van der Waals surface area contributed by atoms with Crippen LogP contribution in [0.1, 0.15) is 29.6 Å². The highest BCUT2D eigenvalue weighted by atomic mass is 79.9. The summed E-state index contributed by atoms with van der Waals surface area (Å²) in [7, 11) is 0. The van der Waals surface area contributed by atoms with Crippen LogP contribution >= 0.6 is 54.8 Å². The molecule has 0 N–H and O–H groups in total. The summed E-state index contributed by atoms with van der Waals surface area (Å²) in [6.45, 7) is 2.54. The number of rotatable bonds is 4. The second-order valence-corrected chi connectivity index (χ2v) is 8.59. The smallest absolute Gasteiger partial charge is 0.263 e. The Labute approximate surface area is 159 Å². The molecule has 3 aromatic rings. The molecule has 1 unspecified atom stereocenters. The number of hydrogen-bond acceptors (Lipinski definition) is 3. The molecule has 0 fully saturated rings. The van der Waals surface area contributed by atoms with E-state index in [1.54, 1.807) is 4.57 Å². The molecule has 23 heavy (non-hydrogen) atoms. The van der Waals surface area contributed by atoms with Gasteiger partial charge in [0.25, 0.3) is 5.56 Å². The van der Waals surface area contributed by atoms with Crippen LogP contribution in [0.4, 0.5) is 0 Å². The van der Waals surface area contributed by atoms with Crippen LogP contribution in [0.5, 0.6) is 0 Å². The van der Waals surface area contributed by atoms with Gasteiger partial charge in [-0.3, -0.25) is 9.36 Å². The third kappa shape index (κ3) is 3.27. The lowest BCUT2D eigenvalue weighted by Crippen LogP contribution is -2.26. The van der Waals surface area contributed by atoms with Crippen molar-refractivity contribution in [2.45, 2.75) is 24.7 Å². The second kappa shape index (κ2) is 7.05. The van der Waals surface area contributed by atoms with Crippen LogP contribution in [-0.4, -0.2) is 9.55 Å². The van der Waals surface area contributed by atoms with Gasteiger partial charge in [0.1, 0.15) is 15.0 Å². The summed E-state index contributed by atoms with van der Waals surface area (Å²) in [5.41, 5.74) is 0.993. The minimum absolute atomic E-state index is 0.0166. The molecule has 0 spiro atoms. The zero-order valence-corrected chi connectivity index (χ0v) is 17.0. The van der Waals surface area contributed by atoms with Crippen molar-refractivity contribution in [2.24, 2.45) is 0 Å². The fourth-order valence-electron chi connectivity index (χ4n) is 2.38. The highest BCUT2D eigenvalue weighted by molar-refractivity contribution is 9.10. The van der Waals surface area contributed by atoms with Crippen molar-refractivity contribution in [3.05, 3.63) is 60.9 Å². The molecule has 0 saturated carbocycles. The van der Waals surface area contributed by atoms with Gasteiger partial charge in [-0.15, -0.1) is 11.3 Å². The maximum Gasteiger partial charge on any atom is 0.263 e. The van der Waals surface area contributed by atoms with Crippen LogP contribution < -0.4 is 5.56 Å². The number of alkyl halides is 1. The van der Waals surface area contributed by atoms with Gasteiger partial charge in [-0.05, 0) is 27.9 Å². The van der Waals surface area contributed by atoms with E-state index in [1.807, 2.05) is 30.3 Å². The predicted octanol–water partition coefficient (Wildman–Crippen LogP) is 5.77. The van der Waals surface area contributed by atoms with E-state index < -0.39 is 0 Å². The summed E-state index contributed by atoms with van der Waals surface area (Å²) in [5, 5.41) is 0.551. The molecule has 0 bridgehead atoms. The third-order valence-corrected chi connectivity index (χ3v) is 7.20. The number of hydrogen-bond donors (Lipinski definition) is 0. The van der Waals surface area contributed by atoms with Crippen molar-refractivity contribution in [3.63, 3.8) is 0 Å². The molecular formula is C16H13Br2ClN2OS. The minimum Gasteiger partial charge on any atom is -0.291 e. The lowest BCUT2D eigenvalue weighted by molar-refractivity contribution is 0.663. The van der Waals surface area contributed by atoms with Crippen LogP contribution in [-0.2, 0) is 6.54 Å².